The van der Waals surface area contributed by atoms with Crippen molar-refractivity contribution in [1.29, 1.82) is 0 Å². The van der Waals surface area contributed by atoms with Gasteiger partial charge in [-0.3, -0.25) is 4.68 Å². The highest BCUT2D eigenvalue weighted by molar-refractivity contribution is 6.32. The van der Waals surface area contributed by atoms with Gasteiger partial charge in [-0.15, -0.1) is 0 Å². The molecular weight excluding hydrogens is 316 g/mol. The minimum Gasteiger partial charge on any atom is -0.495 e. The van der Waals surface area contributed by atoms with Crippen molar-refractivity contribution in [3.63, 3.8) is 0 Å². The van der Waals surface area contributed by atoms with Crippen LogP contribution in [-0.2, 0) is 7.05 Å². The minimum atomic E-state index is -1.04. The molecule has 0 spiro atoms. The fourth-order valence-electron chi connectivity index (χ4n) is 3.36. The first kappa shape index (κ1) is 15.9. The standard InChI is InChI=1S/C17H19ClN2O3/c1-20-15(9-14(19-20)17(21)22)11-7-12(10-5-3-4-6-10)16(23-2)13(18)8-11/h7-10H,3-6H2,1-2H3,(H,21,22). The molecular formula is C17H19ClN2O3. The minimum absolute atomic E-state index is 0.0249. The van der Waals surface area contributed by atoms with E-state index in [0.29, 0.717) is 10.9 Å². The van der Waals surface area contributed by atoms with Gasteiger partial charge in [-0.2, -0.15) is 5.10 Å². The Morgan fingerprint density at radius 1 is 1.35 bits per heavy atom. The lowest BCUT2D eigenvalue weighted by molar-refractivity contribution is 0.0689. The zero-order chi connectivity index (χ0) is 16.6. The molecule has 0 aliphatic heterocycles. The maximum absolute atomic E-state index is 11.1. The van der Waals surface area contributed by atoms with E-state index in [9.17, 15) is 4.79 Å². The third-order valence-electron chi connectivity index (χ3n) is 4.47. The van der Waals surface area contributed by atoms with Crippen LogP contribution in [-0.4, -0.2) is 28.0 Å². The van der Waals surface area contributed by atoms with Gasteiger partial charge in [-0.1, -0.05) is 24.4 Å². The number of ether oxygens (including phenoxy) is 1. The molecule has 1 saturated carbocycles. The van der Waals surface area contributed by atoms with Crippen LogP contribution in [0.3, 0.4) is 0 Å². The Morgan fingerprint density at radius 3 is 2.61 bits per heavy atom. The van der Waals surface area contributed by atoms with Crippen LogP contribution in [0, 0.1) is 0 Å². The molecule has 1 aromatic carbocycles. The summed E-state index contributed by atoms with van der Waals surface area (Å²) in [5, 5.41) is 13.7. The number of hydrogen-bond donors (Lipinski definition) is 1. The van der Waals surface area contributed by atoms with Crippen LogP contribution in [0.15, 0.2) is 18.2 Å². The first-order valence-corrected chi connectivity index (χ1v) is 8.04. The molecule has 1 N–H and O–H groups in total. The molecule has 6 heteroatoms. The molecule has 1 heterocycles. The second kappa shape index (κ2) is 6.24. The fraction of sp³-hybridized carbons (Fsp3) is 0.412. The number of halogens is 1. The monoisotopic (exact) mass is 334 g/mol. The lowest BCUT2D eigenvalue weighted by Crippen LogP contribution is -2.01. The van der Waals surface area contributed by atoms with Crippen molar-refractivity contribution in [1.82, 2.24) is 9.78 Å². The molecule has 2 aromatic rings. The van der Waals surface area contributed by atoms with Crippen LogP contribution in [0.25, 0.3) is 11.3 Å². The topological polar surface area (TPSA) is 64.3 Å². The molecule has 0 atom stereocenters. The van der Waals surface area contributed by atoms with Gasteiger partial charge in [0.25, 0.3) is 0 Å². The number of carboxylic acids is 1. The van der Waals surface area contributed by atoms with Crippen LogP contribution >= 0.6 is 11.6 Å². The number of aromatic nitrogens is 2. The van der Waals surface area contributed by atoms with Gasteiger partial charge in [0.05, 0.1) is 17.8 Å². The Morgan fingerprint density at radius 2 is 2.04 bits per heavy atom. The van der Waals surface area contributed by atoms with Crippen LogP contribution in [0.2, 0.25) is 5.02 Å². The van der Waals surface area contributed by atoms with E-state index in [1.807, 2.05) is 6.07 Å². The van der Waals surface area contributed by atoms with E-state index < -0.39 is 5.97 Å². The highest BCUT2D eigenvalue weighted by atomic mass is 35.5. The van der Waals surface area contributed by atoms with Crippen molar-refractivity contribution < 1.29 is 14.6 Å². The molecule has 0 radical (unpaired) electrons. The second-order valence-electron chi connectivity index (χ2n) is 5.91. The Hall–Kier alpha value is -2.01. The van der Waals surface area contributed by atoms with E-state index >= 15 is 0 Å². The zero-order valence-electron chi connectivity index (χ0n) is 13.2. The molecule has 5 nitrogen and oxygen atoms in total. The van der Waals surface area contributed by atoms with E-state index in [0.717, 1.165) is 35.4 Å². The third-order valence-corrected chi connectivity index (χ3v) is 4.75. The molecule has 1 aliphatic rings. The van der Waals surface area contributed by atoms with Gasteiger partial charge in [0.2, 0.25) is 0 Å². The molecule has 0 saturated heterocycles. The summed E-state index contributed by atoms with van der Waals surface area (Å²) in [5.74, 6) is 0.125. The van der Waals surface area contributed by atoms with Crippen molar-refractivity contribution >= 4 is 17.6 Å². The average Bonchev–Trinajstić information content (AvgIpc) is 3.15. The molecule has 0 unspecified atom stereocenters. The van der Waals surface area contributed by atoms with Crippen molar-refractivity contribution in [3.8, 4) is 17.0 Å². The van der Waals surface area contributed by atoms with E-state index in [4.69, 9.17) is 21.4 Å². The van der Waals surface area contributed by atoms with Gasteiger partial charge in [-0.25, -0.2) is 4.79 Å². The molecule has 3 rings (SSSR count). The predicted molar refractivity (Wildman–Crippen MR) is 88.4 cm³/mol. The van der Waals surface area contributed by atoms with Gasteiger partial charge in [0, 0.05) is 12.6 Å². The number of hydrogen-bond acceptors (Lipinski definition) is 3. The van der Waals surface area contributed by atoms with Gasteiger partial charge in [0.15, 0.2) is 5.69 Å². The van der Waals surface area contributed by atoms with Crippen molar-refractivity contribution in [2.24, 2.45) is 7.05 Å². The van der Waals surface area contributed by atoms with Crippen LogP contribution in [0.5, 0.6) is 5.75 Å². The Kier molecular flexibility index (Phi) is 4.31. The zero-order valence-corrected chi connectivity index (χ0v) is 13.9. The fourth-order valence-corrected chi connectivity index (χ4v) is 3.66. The third kappa shape index (κ3) is 2.93. The average molecular weight is 335 g/mol. The second-order valence-corrected chi connectivity index (χ2v) is 6.31. The smallest absolute Gasteiger partial charge is 0.356 e. The van der Waals surface area contributed by atoms with Gasteiger partial charge in [0.1, 0.15) is 5.75 Å². The number of nitrogens with zero attached hydrogens (tertiary/aromatic N) is 2. The lowest BCUT2D eigenvalue weighted by Gasteiger charge is -2.17. The van der Waals surface area contributed by atoms with Crippen LogP contribution in [0.1, 0.15) is 47.7 Å². The summed E-state index contributed by atoms with van der Waals surface area (Å²) >= 11 is 6.41. The maximum atomic E-state index is 11.1. The highest BCUT2D eigenvalue weighted by Crippen LogP contribution is 2.43. The van der Waals surface area contributed by atoms with Gasteiger partial charge in [-0.05, 0) is 42.5 Å². The number of aryl methyl sites for hydroxylation is 1. The molecule has 122 valence electrons. The Bertz CT molecular complexity index is 749. The van der Waals surface area contributed by atoms with Crippen LogP contribution in [0.4, 0.5) is 0 Å². The molecule has 1 aliphatic carbocycles. The number of carboxylic acid groups (broad SMARTS) is 1. The summed E-state index contributed by atoms with van der Waals surface area (Å²) in [6.45, 7) is 0. The van der Waals surface area contributed by atoms with Gasteiger partial charge >= 0.3 is 5.97 Å². The number of carbonyl (C=O) groups is 1. The summed E-state index contributed by atoms with van der Waals surface area (Å²) in [5.41, 5.74) is 2.72. The van der Waals surface area contributed by atoms with E-state index in [-0.39, 0.29) is 5.69 Å². The summed E-state index contributed by atoms with van der Waals surface area (Å²) in [6.07, 6.45) is 4.68. The van der Waals surface area contributed by atoms with E-state index in [1.165, 1.54) is 12.8 Å². The first-order chi connectivity index (χ1) is 11.0. The van der Waals surface area contributed by atoms with E-state index in [2.05, 4.69) is 11.2 Å². The van der Waals surface area contributed by atoms with Crippen molar-refractivity contribution in [3.05, 3.63) is 34.5 Å². The number of rotatable bonds is 4. The predicted octanol–water partition coefficient (Wildman–Crippen LogP) is 4.10. The molecule has 0 bridgehead atoms. The van der Waals surface area contributed by atoms with Gasteiger partial charge < -0.3 is 9.84 Å². The number of aromatic carboxylic acids is 1. The Labute approximate surface area is 139 Å². The molecule has 0 amide bonds. The summed E-state index contributed by atoms with van der Waals surface area (Å²) in [6, 6.07) is 5.43. The molecule has 1 aromatic heterocycles. The van der Waals surface area contributed by atoms with Crippen LogP contribution < -0.4 is 4.74 Å². The lowest BCUT2D eigenvalue weighted by atomic mass is 9.94. The molecule has 23 heavy (non-hydrogen) atoms. The SMILES string of the molecule is COc1c(Cl)cc(-c2cc(C(=O)O)nn2C)cc1C1CCCC1. The first-order valence-electron chi connectivity index (χ1n) is 7.66. The summed E-state index contributed by atoms with van der Waals surface area (Å²) < 4.78 is 7.07. The number of benzene rings is 1. The maximum Gasteiger partial charge on any atom is 0.356 e. The highest BCUT2D eigenvalue weighted by Gasteiger charge is 2.24. The van der Waals surface area contributed by atoms with E-state index in [1.54, 1.807) is 24.9 Å². The largest absolute Gasteiger partial charge is 0.495 e. The summed E-state index contributed by atoms with van der Waals surface area (Å²) in [4.78, 5) is 11.1. The normalized spacial score (nSPS) is 15.1. The van der Waals surface area contributed by atoms with Crippen molar-refractivity contribution in [2.45, 2.75) is 31.6 Å². The summed E-state index contributed by atoms with van der Waals surface area (Å²) in [7, 11) is 3.36. The number of methoxy groups -OCH3 is 1. The Balaban J connectivity index is 2.11. The molecule has 1 fully saturated rings. The quantitative estimate of drug-likeness (QED) is 0.914. The van der Waals surface area contributed by atoms with Crippen molar-refractivity contribution in [2.75, 3.05) is 7.11 Å².